The van der Waals surface area contributed by atoms with Crippen LogP contribution < -0.4 is 9.80 Å². The van der Waals surface area contributed by atoms with Crippen molar-refractivity contribution in [2.75, 3.05) is 36.1 Å². The standard InChI is InChI=1S/C17H18N2O2/c1-3-7-15(8-4-1)18-11-13-20-17(18)19(12-14-21-17)16-9-5-2-6-10-16/h1-10H,11-14H2. The average Bonchev–Trinajstić information content (AvgIpc) is 3.17. The Morgan fingerprint density at radius 1 is 0.667 bits per heavy atom. The van der Waals surface area contributed by atoms with Gasteiger partial charge in [-0.1, -0.05) is 36.4 Å². The van der Waals surface area contributed by atoms with Crippen LogP contribution in [0.5, 0.6) is 0 Å². The van der Waals surface area contributed by atoms with E-state index in [9.17, 15) is 0 Å². The van der Waals surface area contributed by atoms with Gasteiger partial charge in [-0.2, -0.15) is 0 Å². The van der Waals surface area contributed by atoms with Crippen molar-refractivity contribution in [3.05, 3.63) is 60.7 Å². The minimum absolute atomic E-state index is 0.665. The van der Waals surface area contributed by atoms with Crippen molar-refractivity contribution in [3.8, 4) is 0 Å². The molecule has 2 aromatic rings. The summed E-state index contributed by atoms with van der Waals surface area (Å²) in [7, 11) is 0. The lowest BCUT2D eigenvalue weighted by atomic mass is 10.2. The molecule has 2 aromatic carbocycles. The molecule has 1 spiro atoms. The first kappa shape index (κ1) is 12.7. The van der Waals surface area contributed by atoms with E-state index < -0.39 is 6.03 Å². The Bertz CT molecular complexity index is 547. The Hall–Kier alpha value is -2.04. The molecule has 0 atom stereocenters. The SMILES string of the molecule is c1ccc(N2CCOC23OCCN3c2ccccc2)cc1. The Morgan fingerprint density at radius 3 is 1.52 bits per heavy atom. The number of benzene rings is 2. The molecule has 0 N–H and O–H groups in total. The minimum atomic E-state index is -0.803. The van der Waals surface area contributed by atoms with Gasteiger partial charge >= 0.3 is 6.03 Å². The van der Waals surface area contributed by atoms with Gasteiger partial charge in [-0.15, -0.1) is 0 Å². The maximum Gasteiger partial charge on any atom is 0.343 e. The lowest BCUT2D eigenvalue weighted by Crippen LogP contribution is -2.56. The summed E-state index contributed by atoms with van der Waals surface area (Å²) in [5.74, 6) is 0. The van der Waals surface area contributed by atoms with Crippen molar-refractivity contribution in [3.63, 3.8) is 0 Å². The number of anilines is 2. The Morgan fingerprint density at radius 2 is 1.10 bits per heavy atom. The van der Waals surface area contributed by atoms with Crippen molar-refractivity contribution in [1.29, 1.82) is 0 Å². The summed E-state index contributed by atoms with van der Waals surface area (Å²) in [6.45, 7) is 2.98. The molecule has 4 heteroatoms. The summed E-state index contributed by atoms with van der Waals surface area (Å²) in [6.07, 6.45) is 0. The highest BCUT2D eigenvalue weighted by atomic mass is 16.8. The topological polar surface area (TPSA) is 24.9 Å². The molecule has 0 aliphatic carbocycles. The van der Waals surface area contributed by atoms with E-state index in [-0.39, 0.29) is 0 Å². The van der Waals surface area contributed by atoms with Crippen LogP contribution in [0, 0.1) is 0 Å². The number of ether oxygens (including phenoxy) is 2. The van der Waals surface area contributed by atoms with Gasteiger partial charge in [0.1, 0.15) is 0 Å². The second-order valence-electron chi connectivity index (χ2n) is 5.22. The predicted molar refractivity (Wildman–Crippen MR) is 82.2 cm³/mol. The molecule has 2 aliphatic heterocycles. The van der Waals surface area contributed by atoms with Gasteiger partial charge in [0.25, 0.3) is 0 Å². The van der Waals surface area contributed by atoms with Crippen LogP contribution in [-0.2, 0) is 9.47 Å². The molecule has 0 radical (unpaired) electrons. The molecule has 21 heavy (non-hydrogen) atoms. The lowest BCUT2D eigenvalue weighted by molar-refractivity contribution is -0.175. The van der Waals surface area contributed by atoms with Crippen LogP contribution in [0.4, 0.5) is 11.4 Å². The Kier molecular flexibility index (Phi) is 3.05. The van der Waals surface area contributed by atoms with Crippen LogP contribution in [0.2, 0.25) is 0 Å². The molecule has 2 aliphatic rings. The normalized spacial score (nSPS) is 20.4. The zero-order valence-corrected chi connectivity index (χ0v) is 11.8. The zero-order valence-electron chi connectivity index (χ0n) is 11.8. The average molecular weight is 282 g/mol. The number of hydrogen-bond acceptors (Lipinski definition) is 4. The van der Waals surface area contributed by atoms with Crippen molar-refractivity contribution >= 4 is 11.4 Å². The van der Waals surface area contributed by atoms with Gasteiger partial charge in [0.15, 0.2) is 0 Å². The number of hydrogen-bond donors (Lipinski definition) is 0. The first-order valence-electron chi connectivity index (χ1n) is 7.33. The number of rotatable bonds is 2. The van der Waals surface area contributed by atoms with Crippen LogP contribution in [-0.4, -0.2) is 32.3 Å². The summed E-state index contributed by atoms with van der Waals surface area (Å²) in [5, 5.41) is 0. The van der Waals surface area contributed by atoms with E-state index in [0.717, 1.165) is 24.5 Å². The monoisotopic (exact) mass is 282 g/mol. The molecule has 0 unspecified atom stereocenters. The molecule has 0 saturated carbocycles. The van der Waals surface area contributed by atoms with Crippen LogP contribution in [0.1, 0.15) is 0 Å². The summed E-state index contributed by atoms with van der Waals surface area (Å²) in [4.78, 5) is 4.40. The van der Waals surface area contributed by atoms with Crippen molar-refractivity contribution in [2.45, 2.75) is 6.03 Å². The molecule has 0 amide bonds. The molecule has 4 nitrogen and oxygen atoms in total. The quantitative estimate of drug-likeness (QED) is 0.845. The van der Waals surface area contributed by atoms with Crippen LogP contribution in [0.3, 0.4) is 0 Å². The summed E-state index contributed by atoms with van der Waals surface area (Å²) >= 11 is 0. The molecule has 2 heterocycles. The fourth-order valence-corrected chi connectivity index (χ4v) is 3.12. The van der Waals surface area contributed by atoms with Gasteiger partial charge in [-0.05, 0) is 24.3 Å². The molecule has 0 aromatic heterocycles. The maximum absolute atomic E-state index is 6.07. The largest absolute Gasteiger partial charge is 0.343 e. The lowest BCUT2D eigenvalue weighted by Gasteiger charge is -2.40. The van der Waals surface area contributed by atoms with Crippen LogP contribution in [0.25, 0.3) is 0 Å². The van der Waals surface area contributed by atoms with Gasteiger partial charge in [-0.25, -0.2) is 0 Å². The predicted octanol–water partition coefficient (Wildman–Crippen LogP) is 2.67. The second kappa shape index (κ2) is 5.06. The van der Waals surface area contributed by atoms with Gasteiger partial charge in [0.2, 0.25) is 0 Å². The van der Waals surface area contributed by atoms with E-state index in [1.165, 1.54) is 0 Å². The first-order chi connectivity index (χ1) is 10.4. The summed E-state index contributed by atoms with van der Waals surface area (Å²) in [6, 6.07) is 19.8. The smallest absolute Gasteiger partial charge is 0.313 e. The molecule has 2 fully saturated rings. The van der Waals surface area contributed by atoms with Crippen LogP contribution in [0.15, 0.2) is 60.7 Å². The highest BCUT2D eigenvalue weighted by Crippen LogP contribution is 2.39. The van der Waals surface area contributed by atoms with E-state index in [0.29, 0.717) is 13.2 Å². The Labute approximate surface area is 124 Å². The molecular weight excluding hydrogens is 264 g/mol. The molecule has 2 saturated heterocycles. The Balaban J connectivity index is 1.74. The van der Waals surface area contributed by atoms with E-state index in [2.05, 4.69) is 34.1 Å². The number of nitrogens with zero attached hydrogens (tertiary/aromatic N) is 2. The van der Waals surface area contributed by atoms with Gasteiger partial charge in [0.05, 0.1) is 13.2 Å². The van der Waals surface area contributed by atoms with E-state index in [1.807, 2.05) is 36.4 Å². The van der Waals surface area contributed by atoms with Crippen molar-refractivity contribution in [1.82, 2.24) is 0 Å². The van der Waals surface area contributed by atoms with E-state index in [4.69, 9.17) is 9.47 Å². The third kappa shape index (κ3) is 1.99. The molecular formula is C17H18N2O2. The summed E-state index contributed by atoms with van der Waals surface area (Å²) in [5.41, 5.74) is 2.25. The fourth-order valence-electron chi connectivity index (χ4n) is 3.12. The van der Waals surface area contributed by atoms with E-state index in [1.54, 1.807) is 0 Å². The zero-order chi connectivity index (χ0) is 14.1. The van der Waals surface area contributed by atoms with Crippen molar-refractivity contribution in [2.24, 2.45) is 0 Å². The third-order valence-electron chi connectivity index (χ3n) is 4.03. The van der Waals surface area contributed by atoms with Gasteiger partial charge in [0, 0.05) is 24.5 Å². The second-order valence-corrected chi connectivity index (χ2v) is 5.22. The maximum atomic E-state index is 6.07. The van der Waals surface area contributed by atoms with E-state index >= 15 is 0 Å². The summed E-state index contributed by atoms with van der Waals surface area (Å²) < 4.78 is 12.1. The highest BCUT2D eigenvalue weighted by molar-refractivity contribution is 5.56. The first-order valence-corrected chi connectivity index (χ1v) is 7.33. The van der Waals surface area contributed by atoms with Gasteiger partial charge < -0.3 is 9.47 Å². The third-order valence-corrected chi connectivity index (χ3v) is 4.03. The molecule has 4 rings (SSSR count). The fraction of sp³-hybridized carbons (Fsp3) is 0.294. The molecule has 0 bridgehead atoms. The highest BCUT2D eigenvalue weighted by Gasteiger charge is 2.53. The van der Waals surface area contributed by atoms with Crippen LogP contribution >= 0.6 is 0 Å². The number of para-hydroxylation sites is 2. The minimum Gasteiger partial charge on any atom is -0.313 e. The van der Waals surface area contributed by atoms with Crippen molar-refractivity contribution < 1.29 is 9.47 Å². The van der Waals surface area contributed by atoms with Gasteiger partial charge in [-0.3, -0.25) is 9.80 Å². The molecule has 108 valence electrons.